The van der Waals surface area contributed by atoms with Gasteiger partial charge in [0.15, 0.2) is 0 Å². The summed E-state index contributed by atoms with van der Waals surface area (Å²) >= 11 is 3.40. The average molecular weight is 338 g/mol. The Balaban J connectivity index is 2.42. The zero-order valence-corrected chi connectivity index (χ0v) is 12.9. The molecule has 0 aliphatic carbocycles. The lowest BCUT2D eigenvalue weighted by molar-refractivity contribution is -0.139. The van der Waals surface area contributed by atoms with Crippen molar-refractivity contribution in [2.75, 3.05) is 5.32 Å². The first-order valence-corrected chi connectivity index (χ1v) is 7.21. The summed E-state index contributed by atoms with van der Waals surface area (Å²) in [5.41, 5.74) is 0.777. The minimum Gasteiger partial charge on any atom is -0.480 e. The number of hydrogen-bond donors (Lipinski definition) is 2. The van der Waals surface area contributed by atoms with Crippen molar-refractivity contribution >= 4 is 38.6 Å². The van der Waals surface area contributed by atoms with Gasteiger partial charge in [0.05, 0.1) is 5.52 Å². The van der Waals surface area contributed by atoms with Crippen LogP contribution in [0, 0.1) is 5.92 Å². The second-order valence-electron chi connectivity index (χ2n) is 4.73. The van der Waals surface area contributed by atoms with Crippen molar-refractivity contribution in [3.8, 4) is 0 Å². The molecule has 0 saturated carbocycles. The average Bonchev–Trinajstić information content (AvgIpc) is 2.43. The molecule has 0 fully saturated rings. The fourth-order valence-electron chi connectivity index (χ4n) is 1.97. The van der Waals surface area contributed by atoms with Gasteiger partial charge in [0.1, 0.15) is 18.2 Å². The predicted octanol–water partition coefficient (Wildman–Crippen LogP) is 3.30. The van der Waals surface area contributed by atoms with Gasteiger partial charge >= 0.3 is 5.97 Å². The molecule has 0 aliphatic rings. The number of aromatic nitrogens is 2. The Bertz CT molecular complexity index is 633. The van der Waals surface area contributed by atoms with Crippen LogP contribution in [0.1, 0.15) is 20.3 Å². The molecule has 0 amide bonds. The molecule has 6 heteroatoms. The van der Waals surface area contributed by atoms with Gasteiger partial charge in [-0.15, -0.1) is 0 Å². The molecule has 0 bridgehead atoms. The molecule has 5 nitrogen and oxygen atoms in total. The monoisotopic (exact) mass is 337 g/mol. The number of nitrogens with one attached hydrogen (secondary N) is 1. The van der Waals surface area contributed by atoms with Crippen molar-refractivity contribution in [3.63, 3.8) is 0 Å². The number of aliphatic carboxylic acids is 1. The van der Waals surface area contributed by atoms with Gasteiger partial charge in [-0.1, -0.05) is 36.2 Å². The number of carboxylic acid groups (broad SMARTS) is 1. The number of fused-ring (bicyclic) bond motifs is 1. The number of halogens is 1. The summed E-state index contributed by atoms with van der Waals surface area (Å²) in [6.45, 7) is 3.88. The summed E-state index contributed by atoms with van der Waals surface area (Å²) in [7, 11) is 0. The number of carbonyl (C=O) groups is 1. The number of rotatable bonds is 5. The zero-order valence-electron chi connectivity index (χ0n) is 11.3. The third kappa shape index (κ3) is 3.07. The molecule has 1 aromatic heterocycles. The molecule has 2 N–H and O–H groups in total. The summed E-state index contributed by atoms with van der Waals surface area (Å²) < 4.78 is 0.901. The third-order valence-corrected chi connectivity index (χ3v) is 3.86. The summed E-state index contributed by atoms with van der Waals surface area (Å²) in [5, 5.41) is 13.2. The molecule has 2 aromatic rings. The van der Waals surface area contributed by atoms with Crippen LogP contribution in [0.15, 0.2) is 29.0 Å². The minimum absolute atomic E-state index is 0.00432. The van der Waals surface area contributed by atoms with E-state index in [9.17, 15) is 9.90 Å². The van der Waals surface area contributed by atoms with Crippen LogP contribution < -0.4 is 5.32 Å². The van der Waals surface area contributed by atoms with Crippen LogP contribution in [0.25, 0.3) is 10.9 Å². The van der Waals surface area contributed by atoms with Gasteiger partial charge in [0.25, 0.3) is 0 Å². The smallest absolute Gasteiger partial charge is 0.326 e. The van der Waals surface area contributed by atoms with Crippen molar-refractivity contribution < 1.29 is 9.90 Å². The maximum atomic E-state index is 11.4. The van der Waals surface area contributed by atoms with Crippen molar-refractivity contribution in [2.45, 2.75) is 26.3 Å². The van der Waals surface area contributed by atoms with Crippen LogP contribution in [0.3, 0.4) is 0 Å². The van der Waals surface area contributed by atoms with E-state index in [4.69, 9.17) is 0 Å². The SMILES string of the molecule is CC[C@@H](C)[C@@H](Nc1ncnc2ccc(Br)cc12)C(=O)O. The fraction of sp³-hybridized carbons (Fsp3) is 0.357. The Kier molecular flexibility index (Phi) is 4.54. The lowest BCUT2D eigenvalue weighted by atomic mass is 9.99. The summed E-state index contributed by atoms with van der Waals surface area (Å²) in [6.07, 6.45) is 2.21. The molecule has 1 aromatic carbocycles. The second-order valence-corrected chi connectivity index (χ2v) is 5.65. The lowest BCUT2D eigenvalue weighted by Gasteiger charge is -2.21. The number of benzene rings is 1. The molecule has 0 unspecified atom stereocenters. The van der Waals surface area contributed by atoms with E-state index in [1.807, 2.05) is 32.0 Å². The molecule has 2 rings (SSSR count). The van der Waals surface area contributed by atoms with Crippen LogP contribution in [0.5, 0.6) is 0 Å². The highest BCUT2D eigenvalue weighted by Gasteiger charge is 2.24. The molecule has 1 heterocycles. The van der Waals surface area contributed by atoms with Gasteiger partial charge in [-0.25, -0.2) is 14.8 Å². The van der Waals surface area contributed by atoms with E-state index in [0.717, 1.165) is 21.8 Å². The number of carboxylic acids is 1. The third-order valence-electron chi connectivity index (χ3n) is 3.37. The van der Waals surface area contributed by atoms with E-state index < -0.39 is 12.0 Å². The molecular formula is C14H16BrN3O2. The standard InChI is InChI=1S/C14H16BrN3O2/c1-3-8(2)12(14(19)20)18-13-10-6-9(15)4-5-11(10)16-7-17-13/h4-8,12H,3H2,1-2H3,(H,19,20)(H,16,17,18)/t8-,12-/m1/s1. The molecular weight excluding hydrogens is 322 g/mol. The van der Waals surface area contributed by atoms with Crippen LogP contribution in [0.2, 0.25) is 0 Å². The molecule has 0 spiro atoms. The van der Waals surface area contributed by atoms with Gasteiger partial charge in [-0.05, 0) is 24.1 Å². The van der Waals surface area contributed by atoms with E-state index in [0.29, 0.717) is 5.82 Å². The topological polar surface area (TPSA) is 75.1 Å². The first-order chi connectivity index (χ1) is 9.52. The van der Waals surface area contributed by atoms with Crippen molar-refractivity contribution in [1.29, 1.82) is 0 Å². The number of hydrogen-bond acceptors (Lipinski definition) is 4. The van der Waals surface area contributed by atoms with Gasteiger partial charge in [0.2, 0.25) is 0 Å². The van der Waals surface area contributed by atoms with Crippen molar-refractivity contribution in [3.05, 3.63) is 29.0 Å². The second kappa shape index (κ2) is 6.17. The van der Waals surface area contributed by atoms with Gasteiger partial charge in [0, 0.05) is 9.86 Å². The highest BCUT2D eigenvalue weighted by atomic mass is 79.9. The molecule has 106 valence electrons. The fourth-order valence-corrected chi connectivity index (χ4v) is 2.34. The van der Waals surface area contributed by atoms with E-state index in [1.165, 1.54) is 6.33 Å². The highest BCUT2D eigenvalue weighted by Crippen LogP contribution is 2.25. The Morgan fingerprint density at radius 3 is 2.85 bits per heavy atom. The molecule has 0 radical (unpaired) electrons. The zero-order chi connectivity index (χ0) is 14.7. The molecule has 20 heavy (non-hydrogen) atoms. The summed E-state index contributed by atoms with van der Waals surface area (Å²) in [4.78, 5) is 19.8. The van der Waals surface area contributed by atoms with Gasteiger partial charge < -0.3 is 10.4 Å². The Hall–Kier alpha value is -1.69. The number of anilines is 1. The molecule has 0 aliphatic heterocycles. The maximum Gasteiger partial charge on any atom is 0.326 e. The van der Waals surface area contributed by atoms with E-state index in [1.54, 1.807) is 0 Å². The maximum absolute atomic E-state index is 11.4. The van der Waals surface area contributed by atoms with E-state index in [-0.39, 0.29) is 5.92 Å². The lowest BCUT2D eigenvalue weighted by Crippen LogP contribution is -2.35. The van der Waals surface area contributed by atoms with Crippen molar-refractivity contribution in [2.24, 2.45) is 5.92 Å². The van der Waals surface area contributed by atoms with Crippen LogP contribution in [-0.4, -0.2) is 27.1 Å². The minimum atomic E-state index is -0.874. The van der Waals surface area contributed by atoms with Crippen molar-refractivity contribution in [1.82, 2.24) is 9.97 Å². The quantitative estimate of drug-likeness (QED) is 0.875. The predicted molar refractivity (Wildman–Crippen MR) is 81.7 cm³/mol. The van der Waals surface area contributed by atoms with E-state index >= 15 is 0 Å². The Morgan fingerprint density at radius 2 is 2.20 bits per heavy atom. The van der Waals surface area contributed by atoms with E-state index in [2.05, 4.69) is 31.2 Å². The molecule has 2 atom stereocenters. The first-order valence-electron chi connectivity index (χ1n) is 6.42. The first kappa shape index (κ1) is 14.7. The Morgan fingerprint density at radius 1 is 1.45 bits per heavy atom. The highest BCUT2D eigenvalue weighted by molar-refractivity contribution is 9.10. The summed E-state index contributed by atoms with van der Waals surface area (Å²) in [5.74, 6) is -0.324. The number of nitrogens with zero attached hydrogens (tertiary/aromatic N) is 2. The van der Waals surface area contributed by atoms with Gasteiger partial charge in [-0.3, -0.25) is 0 Å². The van der Waals surface area contributed by atoms with Crippen LogP contribution in [0.4, 0.5) is 5.82 Å². The van der Waals surface area contributed by atoms with Crippen LogP contribution >= 0.6 is 15.9 Å². The normalized spacial score (nSPS) is 13.9. The van der Waals surface area contributed by atoms with Crippen LogP contribution in [-0.2, 0) is 4.79 Å². The Labute approximate surface area is 125 Å². The van der Waals surface area contributed by atoms with Gasteiger partial charge in [-0.2, -0.15) is 0 Å². The summed E-state index contributed by atoms with van der Waals surface area (Å²) in [6, 6.07) is 4.97. The largest absolute Gasteiger partial charge is 0.480 e. The molecule has 0 saturated heterocycles.